The van der Waals surface area contributed by atoms with E-state index in [-0.39, 0.29) is 6.42 Å². The first-order chi connectivity index (χ1) is 11.5. The maximum absolute atomic E-state index is 12.4. The van der Waals surface area contributed by atoms with Gasteiger partial charge < -0.3 is 19.9 Å². The minimum atomic E-state index is -0.484. The molecule has 0 fully saturated rings. The lowest BCUT2D eigenvalue weighted by Gasteiger charge is -2.13. The topological polar surface area (TPSA) is 113 Å². The van der Waals surface area contributed by atoms with E-state index in [4.69, 9.17) is 19.9 Å². The van der Waals surface area contributed by atoms with E-state index < -0.39 is 11.8 Å². The van der Waals surface area contributed by atoms with Gasteiger partial charge in [-0.2, -0.15) is 0 Å². The fourth-order valence-electron chi connectivity index (χ4n) is 2.01. The second-order valence-electron chi connectivity index (χ2n) is 4.66. The fourth-order valence-corrected chi connectivity index (χ4v) is 2.71. The van der Waals surface area contributed by atoms with Crippen LogP contribution >= 0.6 is 11.3 Å². The molecule has 0 bridgehead atoms. The second-order valence-corrected chi connectivity index (χ2v) is 5.51. The van der Waals surface area contributed by atoms with Gasteiger partial charge in [0, 0.05) is 10.9 Å². The van der Waals surface area contributed by atoms with Crippen LogP contribution in [0.25, 0.3) is 0 Å². The van der Waals surface area contributed by atoms with E-state index in [1.807, 2.05) is 0 Å². The Bertz CT molecular complexity index is 734. The summed E-state index contributed by atoms with van der Waals surface area (Å²) in [6.07, 6.45) is 0.0244. The van der Waals surface area contributed by atoms with Crippen molar-refractivity contribution in [3.63, 3.8) is 0 Å². The quantitative estimate of drug-likeness (QED) is 0.781. The molecule has 1 aromatic heterocycles. The van der Waals surface area contributed by atoms with E-state index in [1.165, 1.54) is 44.8 Å². The van der Waals surface area contributed by atoms with Crippen molar-refractivity contribution in [3.8, 4) is 17.2 Å². The number of carbonyl (C=O) groups is 2. The van der Waals surface area contributed by atoms with Crippen LogP contribution in [0.3, 0.4) is 0 Å². The lowest BCUT2D eigenvalue weighted by atomic mass is 10.1. The third-order valence-electron chi connectivity index (χ3n) is 3.05. The van der Waals surface area contributed by atoms with Crippen LogP contribution in [0.2, 0.25) is 0 Å². The van der Waals surface area contributed by atoms with E-state index in [9.17, 15) is 9.59 Å². The molecule has 1 aromatic carbocycles. The third-order valence-corrected chi connectivity index (χ3v) is 3.86. The van der Waals surface area contributed by atoms with Crippen molar-refractivity contribution in [1.82, 2.24) is 4.98 Å². The van der Waals surface area contributed by atoms with Crippen LogP contribution in [0.15, 0.2) is 17.5 Å². The monoisotopic (exact) mass is 351 g/mol. The largest absolute Gasteiger partial charge is 0.493 e. The number of ether oxygens (including phenoxy) is 3. The van der Waals surface area contributed by atoms with Gasteiger partial charge in [0.1, 0.15) is 0 Å². The molecule has 2 amide bonds. The Morgan fingerprint density at radius 2 is 1.79 bits per heavy atom. The van der Waals surface area contributed by atoms with Gasteiger partial charge in [-0.25, -0.2) is 4.98 Å². The molecule has 0 unspecified atom stereocenters. The molecule has 2 rings (SSSR count). The maximum Gasteiger partial charge on any atom is 0.257 e. The zero-order valence-electron chi connectivity index (χ0n) is 13.4. The van der Waals surface area contributed by atoms with Gasteiger partial charge in [0.25, 0.3) is 5.91 Å². The predicted octanol–water partition coefficient (Wildman–Crippen LogP) is 1.45. The summed E-state index contributed by atoms with van der Waals surface area (Å²) in [7, 11) is 4.42. The van der Waals surface area contributed by atoms with E-state index in [2.05, 4.69) is 10.3 Å². The molecule has 128 valence electrons. The van der Waals surface area contributed by atoms with Crippen molar-refractivity contribution in [1.29, 1.82) is 0 Å². The molecule has 0 aliphatic rings. The highest BCUT2D eigenvalue weighted by atomic mass is 32.1. The molecular formula is C15H17N3O5S. The molecule has 0 aliphatic heterocycles. The molecule has 1 heterocycles. The van der Waals surface area contributed by atoms with Crippen LogP contribution < -0.4 is 25.3 Å². The molecule has 0 atom stereocenters. The average Bonchev–Trinajstić information content (AvgIpc) is 2.99. The molecule has 2 aromatic rings. The normalized spacial score (nSPS) is 10.1. The number of nitrogens with one attached hydrogen (secondary N) is 1. The second kappa shape index (κ2) is 7.64. The van der Waals surface area contributed by atoms with E-state index in [1.54, 1.807) is 5.38 Å². The average molecular weight is 351 g/mol. The van der Waals surface area contributed by atoms with Crippen LogP contribution in [0, 0.1) is 0 Å². The van der Waals surface area contributed by atoms with Crippen LogP contribution in [0.5, 0.6) is 17.2 Å². The third kappa shape index (κ3) is 3.93. The summed E-state index contributed by atoms with van der Waals surface area (Å²) in [5.41, 5.74) is 5.94. The van der Waals surface area contributed by atoms with Crippen molar-refractivity contribution in [2.75, 3.05) is 26.6 Å². The van der Waals surface area contributed by atoms with Gasteiger partial charge in [-0.15, -0.1) is 11.3 Å². The molecule has 24 heavy (non-hydrogen) atoms. The first kappa shape index (κ1) is 17.5. The number of nitrogens with two attached hydrogens (primary N) is 1. The number of anilines is 1. The van der Waals surface area contributed by atoms with Gasteiger partial charge in [0.15, 0.2) is 16.6 Å². The Morgan fingerprint density at radius 1 is 1.17 bits per heavy atom. The Labute approximate surface area is 142 Å². The number of methoxy groups -OCH3 is 3. The Hall–Kier alpha value is -2.81. The summed E-state index contributed by atoms with van der Waals surface area (Å²) < 4.78 is 15.7. The van der Waals surface area contributed by atoms with E-state index in [0.717, 1.165) is 0 Å². The van der Waals surface area contributed by atoms with Crippen molar-refractivity contribution in [3.05, 3.63) is 28.8 Å². The molecule has 0 saturated carbocycles. The summed E-state index contributed by atoms with van der Waals surface area (Å²) >= 11 is 1.20. The summed E-state index contributed by atoms with van der Waals surface area (Å²) in [5, 5.41) is 4.68. The number of hydrogen-bond donors (Lipinski definition) is 2. The molecule has 9 heteroatoms. The summed E-state index contributed by atoms with van der Waals surface area (Å²) in [5.74, 6) is 0.262. The minimum absolute atomic E-state index is 0.0244. The molecule has 3 N–H and O–H groups in total. The molecular weight excluding hydrogens is 334 g/mol. The van der Waals surface area contributed by atoms with E-state index >= 15 is 0 Å². The smallest absolute Gasteiger partial charge is 0.257 e. The number of nitrogens with zero attached hydrogens (tertiary/aromatic N) is 1. The fraction of sp³-hybridized carbons (Fsp3) is 0.267. The number of aromatic nitrogens is 1. The number of thiazole rings is 1. The highest BCUT2D eigenvalue weighted by Gasteiger charge is 2.18. The molecule has 0 radical (unpaired) electrons. The first-order valence-corrected chi connectivity index (χ1v) is 7.70. The molecule has 8 nitrogen and oxygen atoms in total. The number of rotatable bonds is 7. The number of primary amides is 1. The minimum Gasteiger partial charge on any atom is -0.493 e. The number of carbonyl (C=O) groups excluding carboxylic acids is 2. The van der Waals surface area contributed by atoms with Crippen molar-refractivity contribution in [2.45, 2.75) is 6.42 Å². The van der Waals surface area contributed by atoms with Gasteiger partial charge in [0.05, 0.1) is 33.4 Å². The Balaban J connectivity index is 2.23. The van der Waals surface area contributed by atoms with Crippen molar-refractivity contribution in [2.24, 2.45) is 5.73 Å². The lowest BCUT2D eigenvalue weighted by molar-refractivity contribution is -0.117. The maximum atomic E-state index is 12.4. The zero-order chi connectivity index (χ0) is 17.7. The highest BCUT2D eigenvalue weighted by Crippen LogP contribution is 2.38. The van der Waals surface area contributed by atoms with Gasteiger partial charge in [-0.05, 0) is 12.1 Å². The van der Waals surface area contributed by atoms with Crippen LogP contribution in [0.1, 0.15) is 16.1 Å². The lowest BCUT2D eigenvalue weighted by Crippen LogP contribution is -2.15. The number of amides is 2. The first-order valence-electron chi connectivity index (χ1n) is 6.82. The van der Waals surface area contributed by atoms with Crippen LogP contribution in [-0.2, 0) is 11.2 Å². The highest BCUT2D eigenvalue weighted by molar-refractivity contribution is 7.14. The summed E-state index contributed by atoms with van der Waals surface area (Å²) in [6.45, 7) is 0. The van der Waals surface area contributed by atoms with Gasteiger partial charge in [-0.1, -0.05) is 0 Å². The van der Waals surface area contributed by atoms with Crippen LogP contribution in [-0.4, -0.2) is 38.1 Å². The van der Waals surface area contributed by atoms with Gasteiger partial charge in [0.2, 0.25) is 11.7 Å². The number of benzene rings is 1. The molecule has 0 saturated heterocycles. The number of hydrogen-bond acceptors (Lipinski definition) is 7. The van der Waals surface area contributed by atoms with E-state index in [0.29, 0.717) is 33.6 Å². The molecule has 0 aliphatic carbocycles. The summed E-state index contributed by atoms with van der Waals surface area (Å²) in [6, 6.07) is 3.07. The van der Waals surface area contributed by atoms with Gasteiger partial charge >= 0.3 is 0 Å². The van der Waals surface area contributed by atoms with Crippen molar-refractivity contribution >= 4 is 28.3 Å². The Morgan fingerprint density at radius 3 is 2.29 bits per heavy atom. The Kier molecular flexibility index (Phi) is 5.59. The predicted molar refractivity (Wildman–Crippen MR) is 89.1 cm³/mol. The van der Waals surface area contributed by atoms with Gasteiger partial charge in [-0.3, -0.25) is 14.9 Å². The standard InChI is InChI=1S/C15H17N3O5S/c1-21-10-4-8(5-11(22-2)13(10)23-3)14(20)18-15-17-9(7-24-15)6-12(16)19/h4-5,7H,6H2,1-3H3,(H2,16,19)(H,17,18,20). The molecule has 0 spiro atoms. The van der Waals surface area contributed by atoms with Crippen molar-refractivity contribution < 1.29 is 23.8 Å². The zero-order valence-corrected chi connectivity index (χ0v) is 14.2. The SMILES string of the molecule is COc1cc(C(=O)Nc2nc(CC(N)=O)cs2)cc(OC)c1OC. The van der Waals surface area contributed by atoms with Crippen LogP contribution in [0.4, 0.5) is 5.13 Å². The summed E-state index contributed by atoms with van der Waals surface area (Å²) in [4.78, 5) is 27.4.